The summed E-state index contributed by atoms with van der Waals surface area (Å²) in [6.45, 7) is 0.663. The van der Waals surface area contributed by atoms with Crippen molar-refractivity contribution in [2.24, 2.45) is 0 Å². The molecule has 0 saturated carbocycles. The summed E-state index contributed by atoms with van der Waals surface area (Å²) in [6.07, 6.45) is -1.72. The van der Waals surface area contributed by atoms with Gasteiger partial charge in [-0.25, -0.2) is 9.59 Å². The van der Waals surface area contributed by atoms with E-state index in [0.717, 1.165) is 6.42 Å². The van der Waals surface area contributed by atoms with Crippen molar-refractivity contribution in [2.45, 2.75) is 25.1 Å². The lowest BCUT2D eigenvalue weighted by molar-refractivity contribution is -0.575. The van der Waals surface area contributed by atoms with Crippen molar-refractivity contribution >= 4 is 12.1 Å². The van der Waals surface area contributed by atoms with E-state index in [1.165, 1.54) is 12.1 Å². The number of nitrogens with one attached hydrogen (secondary N) is 1. The summed E-state index contributed by atoms with van der Waals surface area (Å²) in [5.74, 6) is -0.785. The molecule has 2 rings (SSSR count). The SMILES string of the molecule is O=C(OC(=O)[C@@H]1CCCN1)OC(c1ccccc1)[N+](=O)[O-]. The lowest BCUT2D eigenvalue weighted by Crippen LogP contribution is -2.34. The van der Waals surface area contributed by atoms with Crippen molar-refractivity contribution in [3.05, 3.63) is 46.0 Å². The summed E-state index contributed by atoms with van der Waals surface area (Å²) in [6, 6.07) is 7.15. The van der Waals surface area contributed by atoms with Gasteiger partial charge in [0.1, 0.15) is 6.04 Å². The molecule has 0 amide bonds. The number of hydrogen-bond donors (Lipinski definition) is 1. The van der Waals surface area contributed by atoms with Crippen LogP contribution in [0, 0.1) is 10.1 Å². The Morgan fingerprint density at radius 3 is 2.62 bits per heavy atom. The number of carbonyl (C=O) groups excluding carboxylic acids is 2. The lowest BCUT2D eigenvalue weighted by Gasteiger charge is -2.12. The normalized spacial score (nSPS) is 18.8. The summed E-state index contributed by atoms with van der Waals surface area (Å²) in [5.41, 5.74) is 0.186. The summed E-state index contributed by atoms with van der Waals surface area (Å²) in [5, 5.41) is 13.8. The highest BCUT2D eigenvalue weighted by atomic mass is 16.8. The Morgan fingerprint density at radius 2 is 2.05 bits per heavy atom. The van der Waals surface area contributed by atoms with Crippen LogP contribution in [0.4, 0.5) is 4.79 Å². The maximum atomic E-state index is 11.6. The smallest absolute Gasteiger partial charge is 0.361 e. The standard InChI is InChI=1S/C13H14N2O6/c16-12(10-7-4-8-14-10)21-13(17)20-11(15(18)19)9-5-2-1-3-6-9/h1-3,5-6,10-11,14H,4,7-8H2/t10-,11?/m0/s1. The van der Waals surface area contributed by atoms with Crippen LogP contribution in [0.3, 0.4) is 0 Å². The fourth-order valence-corrected chi connectivity index (χ4v) is 2.00. The van der Waals surface area contributed by atoms with Crippen molar-refractivity contribution in [1.82, 2.24) is 5.32 Å². The second-order valence-corrected chi connectivity index (χ2v) is 4.49. The van der Waals surface area contributed by atoms with E-state index in [2.05, 4.69) is 14.8 Å². The third kappa shape index (κ3) is 3.99. The van der Waals surface area contributed by atoms with Crippen molar-refractivity contribution < 1.29 is 24.0 Å². The summed E-state index contributed by atoms with van der Waals surface area (Å²) in [7, 11) is 0. The first-order valence-corrected chi connectivity index (χ1v) is 6.42. The molecular formula is C13H14N2O6. The highest BCUT2D eigenvalue weighted by Gasteiger charge is 2.31. The number of ether oxygens (including phenoxy) is 2. The first-order chi connectivity index (χ1) is 10.1. The molecule has 1 unspecified atom stereocenters. The predicted molar refractivity (Wildman–Crippen MR) is 69.8 cm³/mol. The molecule has 0 aromatic heterocycles. The lowest BCUT2D eigenvalue weighted by atomic mass is 10.2. The molecule has 0 spiro atoms. The maximum Gasteiger partial charge on any atom is 0.521 e. The van der Waals surface area contributed by atoms with E-state index in [0.29, 0.717) is 13.0 Å². The summed E-state index contributed by atoms with van der Waals surface area (Å²) in [4.78, 5) is 33.3. The zero-order valence-corrected chi connectivity index (χ0v) is 11.1. The van der Waals surface area contributed by atoms with Gasteiger partial charge < -0.3 is 14.8 Å². The molecule has 0 bridgehead atoms. The molecule has 1 fully saturated rings. The van der Waals surface area contributed by atoms with Gasteiger partial charge in [0.2, 0.25) is 0 Å². The molecule has 1 saturated heterocycles. The number of nitro groups is 1. The molecule has 112 valence electrons. The van der Waals surface area contributed by atoms with Crippen LogP contribution < -0.4 is 5.32 Å². The zero-order chi connectivity index (χ0) is 15.2. The van der Waals surface area contributed by atoms with Gasteiger partial charge in [0.05, 0.1) is 10.5 Å². The van der Waals surface area contributed by atoms with Gasteiger partial charge >= 0.3 is 18.4 Å². The highest BCUT2D eigenvalue weighted by molar-refractivity contribution is 5.85. The minimum atomic E-state index is -1.71. The average molecular weight is 294 g/mol. The molecule has 1 heterocycles. The molecule has 0 aliphatic carbocycles. The van der Waals surface area contributed by atoms with Crippen LogP contribution in [-0.2, 0) is 14.3 Å². The Kier molecular flexibility index (Phi) is 4.83. The van der Waals surface area contributed by atoms with Gasteiger partial charge in [-0.05, 0) is 31.5 Å². The van der Waals surface area contributed by atoms with Crippen LogP contribution in [0.15, 0.2) is 30.3 Å². The Balaban J connectivity index is 1.95. The number of rotatable bonds is 4. The quantitative estimate of drug-likeness (QED) is 0.294. The third-order valence-electron chi connectivity index (χ3n) is 3.01. The first kappa shape index (κ1) is 14.9. The van der Waals surface area contributed by atoms with Crippen molar-refractivity contribution in [1.29, 1.82) is 0 Å². The van der Waals surface area contributed by atoms with E-state index in [1.807, 2.05) is 0 Å². The third-order valence-corrected chi connectivity index (χ3v) is 3.01. The van der Waals surface area contributed by atoms with E-state index in [4.69, 9.17) is 0 Å². The number of carbonyl (C=O) groups is 2. The number of hydrogen-bond acceptors (Lipinski definition) is 7. The fourth-order valence-electron chi connectivity index (χ4n) is 2.00. The molecule has 1 aliphatic rings. The average Bonchev–Trinajstić information content (AvgIpc) is 2.99. The molecule has 21 heavy (non-hydrogen) atoms. The van der Waals surface area contributed by atoms with E-state index >= 15 is 0 Å². The molecule has 1 aromatic carbocycles. The van der Waals surface area contributed by atoms with E-state index in [9.17, 15) is 19.7 Å². The predicted octanol–water partition coefficient (Wildman–Crippen LogP) is 1.39. The Bertz CT molecular complexity index is 527. The van der Waals surface area contributed by atoms with Gasteiger partial charge in [-0.15, -0.1) is 0 Å². The van der Waals surface area contributed by atoms with Gasteiger partial charge in [0.25, 0.3) is 0 Å². The monoisotopic (exact) mass is 294 g/mol. The second-order valence-electron chi connectivity index (χ2n) is 4.49. The molecule has 1 N–H and O–H groups in total. The van der Waals surface area contributed by atoms with E-state index in [-0.39, 0.29) is 5.56 Å². The molecule has 1 aromatic rings. The summed E-state index contributed by atoms with van der Waals surface area (Å²) < 4.78 is 9.09. The van der Waals surface area contributed by atoms with Gasteiger partial charge in [-0.1, -0.05) is 18.2 Å². The molecule has 2 atom stereocenters. The molecule has 1 aliphatic heterocycles. The van der Waals surface area contributed by atoms with Crippen LogP contribution in [0.25, 0.3) is 0 Å². The first-order valence-electron chi connectivity index (χ1n) is 6.42. The number of benzene rings is 1. The van der Waals surface area contributed by atoms with Gasteiger partial charge in [0.15, 0.2) is 0 Å². The van der Waals surface area contributed by atoms with Crippen molar-refractivity contribution in [2.75, 3.05) is 6.54 Å². The molecule has 0 radical (unpaired) electrons. The van der Waals surface area contributed by atoms with Gasteiger partial charge in [0, 0.05) is 0 Å². The Morgan fingerprint density at radius 1 is 1.33 bits per heavy atom. The zero-order valence-electron chi connectivity index (χ0n) is 11.1. The summed E-state index contributed by atoms with van der Waals surface area (Å²) >= 11 is 0. The topological polar surface area (TPSA) is 108 Å². The van der Waals surface area contributed by atoms with Crippen LogP contribution >= 0.6 is 0 Å². The molecule has 8 nitrogen and oxygen atoms in total. The number of nitrogens with zero attached hydrogens (tertiary/aromatic N) is 1. The Labute approximate surface area is 120 Å². The van der Waals surface area contributed by atoms with Crippen LogP contribution in [-0.4, -0.2) is 29.6 Å². The van der Waals surface area contributed by atoms with Crippen LogP contribution in [0.2, 0.25) is 0 Å². The van der Waals surface area contributed by atoms with Gasteiger partial charge in [-0.3, -0.25) is 10.1 Å². The molecule has 8 heteroatoms. The van der Waals surface area contributed by atoms with Crippen molar-refractivity contribution in [3.8, 4) is 0 Å². The molecular weight excluding hydrogens is 280 g/mol. The Hall–Kier alpha value is -2.48. The van der Waals surface area contributed by atoms with E-state index in [1.54, 1.807) is 18.2 Å². The highest BCUT2D eigenvalue weighted by Crippen LogP contribution is 2.18. The van der Waals surface area contributed by atoms with Crippen LogP contribution in [0.5, 0.6) is 0 Å². The second kappa shape index (κ2) is 6.80. The largest absolute Gasteiger partial charge is 0.521 e. The maximum absolute atomic E-state index is 11.6. The number of esters is 1. The van der Waals surface area contributed by atoms with E-state index < -0.39 is 29.3 Å². The fraction of sp³-hybridized carbons (Fsp3) is 0.385. The minimum absolute atomic E-state index is 0.186. The van der Waals surface area contributed by atoms with Crippen molar-refractivity contribution in [3.63, 3.8) is 0 Å². The van der Waals surface area contributed by atoms with Crippen LogP contribution in [0.1, 0.15) is 24.6 Å². The minimum Gasteiger partial charge on any atom is -0.361 e. The van der Waals surface area contributed by atoms with Gasteiger partial charge in [-0.2, -0.15) is 0 Å².